The minimum atomic E-state index is -4.44. The lowest BCUT2D eigenvalue weighted by Crippen LogP contribution is -2.61. The van der Waals surface area contributed by atoms with Crippen LogP contribution in [-0.4, -0.2) is 40.2 Å². The number of aliphatic hydroxyl groups is 1. The van der Waals surface area contributed by atoms with Gasteiger partial charge in [0.25, 0.3) is 18.2 Å². The van der Waals surface area contributed by atoms with E-state index in [1.807, 2.05) is 5.32 Å². The van der Waals surface area contributed by atoms with Crippen LogP contribution in [0.2, 0.25) is 0 Å². The van der Waals surface area contributed by atoms with E-state index in [4.69, 9.17) is 5.21 Å². The molecule has 0 aliphatic carbocycles. The molecule has 2 rings (SSSR count). The van der Waals surface area contributed by atoms with Crippen LogP contribution in [0.4, 0.5) is 22.0 Å². The summed E-state index contributed by atoms with van der Waals surface area (Å²) in [5.74, 6) is 7.80. The van der Waals surface area contributed by atoms with Crippen LogP contribution in [0.5, 0.6) is 0 Å². The molecule has 2 aromatic carbocycles. The third kappa shape index (κ3) is 6.78. The zero-order valence-corrected chi connectivity index (χ0v) is 17.4. The van der Waals surface area contributed by atoms with Gasteiger partial charge in [0.05, 0.1) is 5.56 Å². The molecular weight excluding hydrogens is 463 g/mol. The predicted octanol–water partition coefficient (Wildman–Crippen LogP) is 2.73. The van der Waals surface area contributed by atoms with E-state index in [1.165, 1.54) is 36.4 Å². The van der Waals surface area contributed by atoms with Crippen molar-refractivity contribution in [2.75, 3.05) is 0 Å². The fraction of sp³-hybridized carbons (Fsp3) is 0.217. The van der Waals surface area contributed by atoms with Crippen LogP contribution in [0, 0.1) is 23.7 Å². The zero-order valence-electron chi connectivity index (χ0n) is 17.4. The Kier molecular flexibility index (Phi) is 8.36. The van der Waals surface area contributed by atoms with Crippen LogP contribution in [0.1, 0.15) is 34.0 Å². The molecular formula is C23H17F5N2O4. The van der Waals surface area contributed by atoms with E-state index in [1.54, 1.807) is 0 Å². The van der Waals surface area contributed by atoms with Crippen LogP contribution >= 0.6 is 0 Å². The Morgan fingerprint density at radius 2 is 1.38 bits per heavy atom. The van der Waals surface area contributed by atoms with Crippen LogP contribution in [0.25, 0.3) is 0 Å². The Balaban J connectivity index is 2.09. The first-order valence-electron chi connectivity index (χ1n) is 9.41. The van der Waals surface area contributed by atoms with Gasteiger partial charge in [-0.2, -0.15) is 13.2 Å². The second kappa shape index (κ2) is 10.8. The summed E-state index contributed by atoms with van der Waals surface area (Å²) >= 11 is 0. The van der Waals surface area contributed by atoms with Gasteiger partial charge in [-0.15, -0.1) is 0 Å². The van der Waals surface area contributed by atoms with Crippen LogP contribution in [0.3, 0.4) is 0 Å². The molecule has 0 heterocycles. The minimum Gasteiger partial charge on any atom is -0.381 e. The Hall–Kier alpha value is -3.93. The molecule has 4 N–H and O–H groups in total. The van der Waals surface area contributed by atoms with E-state index >= 15 is 0 Å². The molecule has 0 fully saturated rings. The normalized spacial score (nSPS) is 13.4. The molecule has 0 bridgehead atoms. The van der Waals surface area contributed by atoms with E-state index in [2.05, 4.69) is 23.7 Å². The van der Waals surface area contributed by atoms with E-state index in [-0.39, 0.29) is 5.56 Å². The van der Waals surface area contributed by atoms with Crippen LogP contribution < -0.4 is 10.8 Å². The molecule has 0 aliphatic rings. The van der Waals surface area contributed by atoms with Gasteiger partial charge in [-0.1, -0.05) is 11.8 Å². The highest BCUT2D eigenvalue weighted by Crippen LogP contribution is 2.29. The minimum absolute atomic E-state index is 0.0535. The summed E-state index contributed by atoms with van der Waals surface area (Å²) in [6, 6.07) is 7.41. The zero-order chi connectivity index (χ0) is 25.5. The van der Waals surface area contributed by atoms with E-state index < -0.39 is 41.6 Å². The maximum absolute atomic E-state index is 13.1. The molecule has 2 amide bonds. The third-order valence-electron chi connectivity index (χ3n) is 4.51. The molecule has 0 radical (unpaired) electrons. The van der Waals surface area contributed by atoms with E-state index in [0.29, 0.717) is 18.1 Å². The fourth-order valence-electron chi connectivity index (χ4n) is 2.54. The van der Waals surface area contributed by atoms with Gasteiger partial charge < -0.3 is 10.4 Å². The number of hydroxylamine groups is 1. The van der Waals surface area contributed by atoms with Crippen molar-refractivity contribution >= 4 is 11.8 Å². The smallest absolute Gasteiger partial charge is 0.381 e. The molecule has 6 nitrogen and oxygen atoms in total. The molecule has 2 aromatic rings. The molecule has 178 valence electrons. The summed E-state index contributed by atoms with van der Waals surface area (Å²) in [7, 11) is 0. The number of hydrogen-bond acceptors (Lipinski definition) is 4. The predicted molar refractivity (Wildman–Crippen MR) is 109 cm³/mol. The summed E-state index contributed by atoms with van der Waals surface area (Å²) in [6.45, 7) is 0.627. The lowest BCUT2D eigenvalue weighted by atomic mass is 9.95. The van der Waals surface area contributed by atoms with Crippen molar-refractivity contribution in [1.82, 2.24) is 10.8 Å². The van der Waals surface area contributed by atoms with Crippen molar-refractivity contribution in [2.45, 2.75) is 31.2 Å². The number of hydrogen-bond donors (Lipinski definition) is 4. The monoisotopic (exact) mass is 480 g/mol. The van der Waals surface area contributed by atoms with Gasteiger partial charge in [-0.3, -0.25) is 14.8 Å². The van der Waals surface area contributed by atoms with Gasteiger partial charge in [0.2, 0.25) is 0 Å². The van der Waals surface area contributed by atoms with Crippen molar-refractivity contribution in [3.8, 4) is 23.7 Å². The number of halogens is 5. The lowest BCUT2D eigenvalue weighted by Gasteiger charge is -2.30. The Morgan fingerprint density at radius 3 is 1.79 bits per heavy atom. The number of benzene rings is 2. The molecule has 11 heteroatoms. The van der Waals surface area contributed by atoms with E-state index in [9.17, 15) is 36.6 Å². The SMILES string of the molecule is CC(O)(C(F)F)C(NC(=O)c1ccc(C#CC#Cc2ccc(C(F)(F)F)cc2)cc1)C(=O)NO. The molecule has 0 aliphatic heterocycles. The Labute approximate surface area is 190 Å². The molecule has 34 heavy (non-hydrogen) atoms. The molecule has 0 aromatic heterocycles. The van der Waals surface area contributed by atoms with Crippen molar-refractivity contribution < 1.29 is 41.9 Å². The van der Waals surface area contributed by atoms with Crippen molar-refractivity contribution in [1.29, 1.82) is 0 Å². The van der Waals surface area contributed by atoms with Crippen LogP contribution in [0.15, 0.2) is 48.5 Å². The van der Waals surface area contributed by atoms with Gasteiger partial charge >= 0.3 is 6.18 Å². The maximum atomic E-state index is 13.1. The second-order valence-electron chi connectivity index (χ2n) is 7.06. The first-order valence-corrected chi connectivity index (χ1v) is 9.41. The summed E-state index contributed by atoms with van der Waals surface area (Å²) in [5, 5.41) is 20.5. The average molecular weight is 480 g/mol. The number of amides is 2. The largest absolute Gasteiger partial charge is 0.416 e. The number of nitrogens with one attached hydrogen (secondary N) is 2. The number of rotatable bonds is 5. The van der Waals surface area contributed by atoms with Crippen molar-refractivity contribution in [3.63, 3.8) is 0 Å². The second-order valence-corrected chi connectivity index (χ2v) is 7.06. The molecule has 0 spiro atoms. The Bertz CT molecular complexity index is 1150. The molecule has 2 unspecified atom stereocenters. The molecule has 2 atom stereocenters. The number of carbonyl (C=O) groups is 2. The highest BCUT2D eigenvalue weighted by Gasteiger charge is 2.46. The highest BCUT2D eigenvalue weighted by atomic mass is 19.4. The molecule has 0 saturated carbocycles. The van der Waals surface area contributed by atoms with Gasteiger partial charge in [-0.05, 0) is 67.3 Å². The maximum Gasteiger partial charge on any atom is 0.416 e. The van der Waals surface area contributed by atoms with E-state index in [0.717, 1.165) is 17.6 Å². The average Bonchev–Trinajstić information content (AvgIpc) is 2.79. The van der Waals surface area contributed by atoms with Gasteiger partial charge in [-0.25, -0.2) is 14.3 Å². The first-order chi connectivity index (χ1) is 15.9. The summed E-state index contributed by atoms with van der Waals surface area (Å²) < 4.78 is 63.7. The summed E-state index contributed by atoms with van der Waals surface area (Å²) in [6.07, 6.45) is -7.85. The number of alkyl halides is 5. The molecule has 0 saturated heterocycles. The Morgan fingerprint density at radius 1 is 0.912 bits per heavy atom. The van der Waals surface area contributed by atoms with Gasteiger partial charge in [0, 0.05) is 16.7 Å². The topological polar surface area (TPSA) is 98.7 Å². The number of carbonyl (C=O) groups excluding carboxylic acids is 2. The lowest BCUT2D eigenvalue weighted by molar-refractivity contribution is -0.149. The van der Waals surface area contributed by atoms with Crippen molar-refractivity contribution in [3.05, 3.63) is 70.8 Å². The van der Waals surface area contributed by atoms with Gasteiger partial charge in [0.15, 0.2) is 5.60 Å². The summed E-state index contributed by atoms with van der Waals surface area (Å²) in [4.78, 5) is 23.9. The first kappa shape index (κ1) is 26.3. The van der Waals surface area contributed by atoms with Gasteiger partial charge in [0.1, 0.15) is 6.04 Å². The van der Waals surface area contributed by atoms with Crippen LogP contribution in [-0.2, 0) is 11.0 Å². The fourth-order valence-corrected chi connectivity index (χ4v) is 2.54. The highest BCUT2D eigenvalue weighted by molar-refractivity contribution is 5.97. The third-order valence-corrected chi connectivity index (χ3v) is 4.51. The quantitative estimate of drug-likeness (QED) is 0.229. The summed E-state index contributed by atoms with van der Waals surface area (Å²) in [5.41, 5.74) is -1.96. The standard InChI is InChI=1S/C23H17F5N2O4/c1-22(33,21(24)25)18(20(32)30-34)29-19(31)16-10-6-14(7-11-16)4-2-3-5-15-8-12-17(13-9-15)23(26,27)28/h6-13,18,21,33-34H,1H3,(H,29,31)(H,30,32). The van der Waals surface area contributed by atoms with Crippen molar-refractivity contribution in [2.24, 2.45) is 0 Å².